The molecule has 0 saturated heterocycles. The van der Waals surface area contributed by atoms with Gasteiger partial charge in [-0.15, -0.1) is 0 Å². The molecule has 0 rings (SSSR count). The van der Waals surface area contributed by atoms with Crippen LogP contribution in [0.5, 0.6) is 0 Å². The first kappa shape index (κ1) is 12.9. The molecule has 0 fully saturated rings. The van der Waals surface area contributed by atoms with Gasteiger partial charge in [0.2, 0.25) is 5.91 Å². The maximum atomic E-state index is 11.0. The van der Waals surface area contributed by atoms with Crippen LogP contribution in [0.1, 0.15) is 26.7 Å². The van der Waals surface area contributed by atoms with E-state index in [-0.39, 0.29) is 0 Å². The van der Waals surface area contributed by atoms with Crippen molar-refractivity contribution in [2.75, 3.05) is 7.05 Å². The normalized spacial score (nSPS) is 15.1. The summed E-state index contributed by atoms with van der Waals surface area (Å²) in [6.45, 7) is 3.57. The summed E-state index contributed by atoms with van der Waals surface area (Å²) in [6, 6.07) is -1.15. The van der Waals surface area contributed by atoms with Crippen LogP contribution in [-0.2, 0) is 9.59 Å². The van der Waals surface area contributed by atoms with Crippen molar-refractivity contribution in [1.82, 2.24) is 4.90 Å². The van der Waals surface area contributed by atoms with Gasteiger partial charge in [0.25, 0.3) is 0 Å². The summed E-state index contributed by atoms with van der Waals surface area (Å²) in [5, 5.41) is 8.88. The molecule has 0 aliphatic heterocycles. The summed E-state index contributed by atoms with van der Waals surface area (Å²) in [5.41, 5.74) is 5.17. The molecule has 5 heteroatoms. The monoisotopic (exact) mass is 202 g/mol. The van der Waals surface area contributed by atoms with E-state index in [2.05, 4.69) is 0 Å². The van der Waals surface area contributed by atoms with E-state index in [0.29, 0.717) is 12.8 Å². The Bertz CT molecular complexity index is 196. The fraction of sp³-hybridized carbons (Fsp3) is 0.778. The van der Waals surface area contributed by atoms with Crippen LogP contribution < -0.4 is 5.73 Å². The zero-order chi connectivity index (χ0) is 11.3. The van der Waals surface area contributed by atoms with Gasteiger partial charge in [-0.1, -0.05) is 13.8 Å². The molecule has 0 heterocycles. The topological polar surface area (TPSA) is 83.6 Å². The van der Waals surface area contributed by atoms with Crippen LogP contribution in [0.4, 0.5) is 0 Å². The Morgan fingerprint density at radius 1 is 1.29 bits per heavy atom. The maximum Gasteiger partial charge on any atom is 0.320 e. The van der Waals surface area contributed by atoms with Gasteiger partial charge in [-0.3, -0.25) is 14.5 Å². The summed E-state index contributed by atoms with van der Waals surface area (Å²) in [7, 11) is 1.61. The molecule has 0 aliphatic carbocycles. The molecule has 2 unspecified atom stereocenters. The van der Waals surface area contributed by atoms with Gasteiger partial charge >= 0.3 is 5.97 Å². The number of rotatable bonds is 6. The first-order valence-corrected chi connectivity index (χ1v) is 4.69. The molecule has 0 spiro atoms. The number of likely N-dealkylation sites (N-methyl/N-ethyl adjacent to an activating group) is 1. The lowest BCUT2D eigenvalue weighted by Gasteiger charge is -2.29. The molecular weight excluding hydrogens is 184 g/mol. The predicted molar refractivity (Wildman–Crippen MR) is 52.8 cm³/mol. The number of carboxylic acid groups (broad SMARTS) is 1. The minimum atomic E-state index is -0.922. The van der Waals surface area contributed by atoms with Crippen molar-refractivity contribution in [1.29, 1.82) is 0 Å². The fourth-order valence-corrected chi connectivity index (χ4v) is 1.54. The van der Waals surface area contributed by atoms with Crippen molar-refractivity contribution < 1.29 is 14.7 Å². The molecule has 0 radical (unpaired) electrons. The van der Waals surface area contributed by atoms with Gasteiger partial charge in [0.15, 0.2) is 0 Å². The van der Waals surface area contributed by atoms with Gasteiger partial charge < -0.3 is 10.8 Å². The van der Waals surface area contributed by atoms with Crippen LogP contribution >= 0.6 is 0 Å². The van der Waals surface area contributed by atoms with Gasteiger partial charge in [0.1, 0.15) is 6.04 Å². The lowest BCUT2D eigenvalue weighted by molar-refractivity contribution is -0.144. The predicted octanol–water partition coefficient (Wildman–Crippen LogP) is 0.0453. The van der Waals surface area contributed by atoms with Crippen LogP contribution in [0.15, 0.2) is 0 Å². The van der Waals surface area contributed by atoms with Gasteiger partial charge in [-0.2, -0.15) is 0 Å². The molecule has 5 nitrogen and oxygen atoms in total. The third kappa shape index (κ3) is 2.99. The number of amides is 1. The van der Waals surface area contributed by atoms with Crippen LogP contribution in [-0.4, -0.2) is 41.0 Å². The summed E-state index contributed by atoms with van der Waals surface area (Å²) in [5.74, 6) is -1.40. The summed E-state index contributed by atoms with van der Waals surface area (Å²) in [6.07, 6.45) is 0.977. The van der Waals surface area contributed by atoms with Crippen molar-refractivity contribution in [3.05, 3.63) is 0 Å². The number of hydrogen-bond acceptors (Lipinski definition) is 3. The zero-order valence-electron chi connectivity index (χ0n) is 8.86. The average Bonchev–Trinajstić information content (AvgIpc) is 2.04. The minimum absolute atomic E-state index is 0.454. The second-order valence-corrected chi connectivity index (χ2v) is 3.25. The molecule has 2 atom stereocenters. The molecule has 82 valence electrons. The van der Waals surface area contributed by atoms with Crippen molar-refractivity contribution in [3.63, 3.8) is 0 Å². The third-order valence-electron chi connectivity index (χ3n) is 2.37. The lowest BCUT2D eigenvalue weighted by atomic mass is 10.1. The SMILES string of the molecule is CCC(C(N)=O)N(C)C(CC)C(=O)O. The van der Waals surface area contributed by atoms with Gasteiger partial charge in [-0.25, -0.2) is 0 Å². The average molecular weight is 202 g/mol. The Labute approximate surface area is 83.9 Å². The van der Waals surface area contributed by atoms with E-state index >= 15 is 0 Å². The van der Waals surface area contributed by atoms with Gasteiger partial charge in [-0.05, 0) is 19.9 Å². The molecule has 0 aliphatic rings. The maximum absolute atomic E-state index is 11.0. The number of carboxylic acids is 1. The van der Waals surface area contributed by atoms with Crippen molar-refractivity contribution in [2.45, 2.75) is 38.8 Å². The summed E-state index contributed by atoms with van der Waals surface area (Å²) < 4.78 is 0. The first-order chi connectivity index (χ1) is 6.45. The number of primary amides is 1. The van der Waals surface area contributed by atoms with E-state index in [1.807, 2.05) is 0 Å². The summed E-state index contributed by atoms with van der Waals surface area (Å²) >= 11 is 0. The first-order valence-electron chi connectivity index (χ1n) is 4.69. The van der Waals surface area contributed by atoms with Crippen LogP contribution in [0.2, 0.25) is 0 Å². The Morgan fingerprint density at radius 3 is 1.93 bits per heavy atom. The number of carbonyl (C=O) groups excluding carboxylic acids is 1. The third-order valence-corrected chi connectivity index (χ3v) is 2.37. The second-order valence-electron chi connectivity index (χ2n) is 3.25. The molecule has 0 aromatic rings. The Morgan fingerprint density at radius 2 is 1.71 bits per heavy atom. The van der Waals surface area contributed by atoms with Crippen molar-refractivity contribution in [2.24, 2.45) is 5.73 Å². The van der Waals surface area contributed by atoms with Crippen molar-refractivity contribution in [3.8, 4) is 0 Å². The van der Waals surface area contributed by atoms with Crippen LogP contribution in [0.25, 0.3) is 0 Å². The number of nitrogens with zero attached hydrogens (tertiary/aromatic N) is 1. The summed E-state index contributed by atoms with van der Waals surface area (Å²) in [4.78, 5) is 23.3. The minimum Gasteiger partial charge on any atom is -0.480 e. The number of nitrogens with two attached hydrogens (primary N) is 1. The van der Waals surface area contributed by atoms with E-state index in [9.17, 15) is 9.59 Å². The largest absolute Gasteiger partial charge is 0.480 e. The molecule has 0 aromatic heterocycles. The molecule has 0 aromatic carbocycles. The molecule has 0 bridgehead atoms. The van der Waals surface area contributed by atoms with E-state index in [0.717, 1.165) is 0 Å². The molecular formula is C9H18N2O3. The van der Waals surface area contributed by atoms with E-state index in [4.69, 9.17) is 10.8 Å². The molecule has 1 amide bonds. The molecule has 14 heavy (non-hydrogen) atoms. The molecule has 0 saturated carbocycles. The molecule has 3 N–H and O–H groups in total. The number of aliphatic carboxylic acids is 1. The van der Waals surface area contributed by atoms with E-state index in [1.54, 1.807) is 20.9 Å². The highest BCUT2D eigenvalue weighted by molar-refractivity contribution is 5.81. The Hall–Kier alpha value is -1.10. The highest BCUT2D eigenvalue weighted by atomic mass is 16.4. The second kappa shape index (κ2) is 5.59. The zero-order valence-corrected chi connectivity index (χ0v) is 8.86. The van der Waals surface area contributed by atoms with E-state index in [1.165, 1.54) is 4.90 Å². The van der Waals surface area contributed by atoms with E-state index < -0.39 is 24.0 Å². The lowest BCUT2D eigenvalue weighted by Crippen LogP contribution is -2.50. The number of carbonyl (C=O) groups is 2. The smallest absolute Gasteiger partial charge is 0.320 e. The fourth-order valence-electron chi connectivity index (χ4n) is 1.54. The van der Waals surface area contributed by atoms with Gasteiger partial charge in [0, 0.05) is 0 Å². The van der Waals surface area contributed by atoms with Gasteiger partial charge in [0.05, 0.1) is 6.04 Å². The van der Waals surface area contributed by atoms with Crippen molar-refractivity contribution >= 4 is 11.9 Å². The Balaban J connectivity index is 4.61. The highest BCUT2D eigenvalue weighted by Crippen LogP contribution is 2.09. The van der Waals surface area contributed by atoms with Crippen LogP contribution in [0, 0.1) is 0 Å². The quantitative estimate of drug-likeness (QED) is 0.637. The highest BCUT2D eigenvalue weighted by Gasteiger charge is 2.28. The van der Waals surface area contributed by atoms with Crippen LogP contribution in [0.3, 0.4) is 0 Å². The Kier molecular flexibility index (Phi) is 5.15. The standard InChI is InChI=1S/C9H18N2O3/c1-4-6(8(10)12)11(3)7(5-2)9(13)14/h6-7H,4-5H2,1-3H3,(H2,10,12)(H,13,14). The number of hydrogen-bond donors (Lipinski definition) is 2.